The molecule has 0 aliphatic rings. The number of carbonyl (C=O) groups is 1. The van der Waals surface area contributed by atoms with Crippen molar-refractivity contribution in [1.29, 1.82) is 5.26 Å². The number of halogens is 1. The number of nitrogens with zero attached hydrogens (tertiary/aromatic N) is 1. The quantitative estimate of drug-likeness (QED) is 0.786. The predicted molar refractivity (Wildman–Crippen MR) is 86.3 cm³/mol. The number of hydrogen-bond donors (Lipinski definition) is 3. The van der Waals surface area contributed by atoms with E-state index in [1.165, 1.54) is 12.1 Å². The van der Waals surface area contributed by atoms with E-state index in [1.807, 2.05) is 6.07 Å². The first-order valence-corrected chi connectivity index (χ1v) is 7.18. The van der Waals surface area contributed by atoms with E-state index >= 15 is 0 Å². The topological polar surface area (TPSA) is 94.4 Å². The van der Waals surface area contributed by atoms with Gasteiger partial charge in [-0.05, 0) is 31.2 Å². The first kappa shape index (κ1) is 17.2. The summed E-state index contributed by atoms with van der Waals surface area (Å²) >= 11 is 0. The largest absolute Gasteiger partial charge is 0.453 e. The second kappa shape index (κ2) is 7.94. The number of benzene rings is 2. The Kier molecular flexibility index (Phi) is 5.71. The average molecular weight is 329 g/mol. The van der Waals surface area contributed by atoms with Crippen LogP contribution in [0.4, 0.5) is 14.9 Å². The first-order chi connectivity index (χ1) is 11.5. The Balaban J connectivity index is 2.10. The highest BCUT2D eigenvalue weighted by molar-refractivity contribution is 5.89. The van der Waals surface area contributed by atoms with Crippen molar-refractivity contribution in [2.75, 3.05) is 11.9 Å². The number of nitrogens with one attached hydrogen (secondary N) is 2. The van der Waals surface area contributed by atoms with Crippen molar-refractivity contribution in [2.24, 2.45) is 0 Å². The first-order valence-electron chi connectivity index (χ1n) is 7.18. The Morgan fingerprint density at radius 3 is 2.75 bits per heavy atom. The van der Waals surface area contributed by atoms with E-state index in [0.29, 0.717) is 0 Å². The van der Waals surface area contributed by atoms with Crippen molar-refractivity contribution < 1.29 is 19.0 Å². The van der Waals surface area contributed by atoms with Crippen molar-refractivity contribution in [3.63, 3.8) is 0 Å². The zero-order valence-electron chi connectivity index (χ0n) is 12.9. The molecule has 0 aliphatic carbocycles. The number of rotatable bonds is 5. The van der Waals surface area contributed by atoms with Crippen LogP contribution in [0, 0.1) is 17.1 Å². The molecule has 0 fully saturated rings. The van der Waals surface area contributed by atoms with Crippen LogP contribution in [0.1, 0.15) is 12.5 Å². The van der Waals surface area contributed by atoms with Gasteiger partial charge in [0.05, 0.1) is 18.2 Å². The van der Waals surface area contributed by atoms with Gasteiger partial charge in [-0.1, -0.05) is 12.1 Å². The van der Waals surface area contributed by atoms with E-state index in [2.05, 4.69) is 10.6 Å². The molecule has 0 saturated heterocycles. The third-order valence-electron chi connectivity index (χ3n) is 3.07. The lowest BCUT2D eigenvalue weighted by Gasteiger charge is -2.13. The van der Waals surface area contributed by atoms with Crippen LogP contribution >= 0.6 is 0 Å². The van der Waals surface area contributed by atoms with Gasteiger partial charge in [0.1, 0.15) is 11.8 Å². The van der Waals surface area contributed by atoms with Gasteiger partial charge in [0.15, 0.2) is 11.6 Å². The highest BCUT2D eigenvalue weighted by Crippen LogP contribution is 2.28. The van der Waals surface area contributed by atoms with Crippen LogP contribution in [-0.2, 0) is 0 Å². The lowest BCUT2D eigenvalue weighted by molar-refractivity contribution is 0.229. The fraction of sp³-hybridized carbons (Fsp3) is 0.176. The van der Waals surface area contributed by atoms with Crippen LogP contribution in [0.25, 0.3) is 0 Å². The summed E-state index contributed by atoms with van der Waals surface area (Å²) in [6.07, 6.45) is 0. The Morgan fingerprint density at radius 1 is 1.33 bits per heavy atom. The SMILES string of the molecule is C[C@@H](CO)NC(=O)Nc1ccc(Oc2ccccc2C#N)c(F)c1. The molecule has 2 aromatic carbocycles. The van der Waals surface area contributed by atoms with Crippen LogP contribution in [0.15, 0.2) is 42.5 Å². The smallest absolute Gasteiger partial charge is 0.319 e. The molecule has 3 N–H and O–H groups in total. The number of aliphatic hydroxyl groups is 1. The molecule has 0 aromatic heterocycles. The predicted octanol–water partition coefficient (Wildman–Crippen LogP) is 2.99. The number of anilines is 1. The minimum atomic E-state index is -0.684. The molecular weight excluding hydrogens is 313 g/mol. The molecule has 24 heavy (non-hydrogen) atoms. The lowest BCUT2D eigenvalue weighted by atomic mass is 10.2. The number of nitriles is 1. The van der Waals surface area contributed by atoms with Crippen LogP contribution in [-0.4, -0.2) is 23.8 Å². The summed E-state index contributed by atoms with van der Waals surface area (Å²) in [6.45, 7) is 1.43. The molecule has 0 heterocycles. The molecule has 0 aliphatic heterocycles. The number of amides is 2. The fourth-order valence-corrected chi connectivity index (χ4v) is 1.86. The van der Waals surface area contributed by atoms with Gasteiger partial charge in [0.25, 0.3) is 0 Å². The Morgan fingerprint density at radius 2 is 2.08 bits per heavy atom. The number of aliphatic hydroxyl groups excluding tert-OH is 1. The number of ether oxygens (including phenoxy) is 1. The second-order valence-electron chi connectivity index (χ2n) is 5.04. The summed E-state index contributed by atoms with van der Waals surface area (Å²) in [5.74, 6) is -0.503. The fourth-order valence-electron chi connectivity index (χ4n) is 1.86. The lowest BCUT2D eigenvalue weighted by Crippen LogP contribution is -2.38. The minimum Gasteiger partial charge on any atom is -0.453 e. The standard InChI is InChI=1S/C17H16FN3O3/c1-11(10-22)20-17(23)21-13-6-7-16(14(18)8-13)24-15-5-3-2-4-12(15)9-19/h2-8,11,22H,10H2,1H3,(H2,20,21,23)/t11-/m0/s1. The molecule has 6 nitrogen and oxygen atoms in total. The van der Waals surface area contributed by atoms with Crippen molar-refractivity contribution >= 4 is 11.7 Å². The molecule has 2 amide bonds. The number of para-hydroxylation sites is 1. The molecule has 2 aromatic rings. The molecule has 0 unspecified atom stereocenters. The van der Waals surface area contributed by atoms with E-state index < -0.39 is 17.9 Å². The van der Waals surface area contributed by atoms with Crippen molar-refractivity contribution in [3.8, 4) is 17.6 Å². The van der Waals surface area contributed by atoms with Crippen LogP contribution in [0.3, 0.4) is 0 Å². The molecule has 1 atom stereocenters. The van der Waals surface area contributed by atoms with Gasteiger partial charge in [-0.3, -0.25) is 0 Å². The van der Waals surface area contributed by atoms with E-state index in [0.717, 1.165) is 6.07 Å². The zero-order valence-corrected chi connectivity index (χ0v) is 12.9. The van der Waals surface area contributed by atoms with Gasteiger partial charge in [0, 0.05) is 11.8 Å². The molecule has 0 saturated carbocycles. The van der Waals surface area contributed by atoms with E-state index in [-0.39, 0.29) is 29.4 Å². The zero-order chi connectivity index (χ0) is 17.5. The summed E-state index contributed by atoms with van der Waals surface area (Å²) < 4.78 is 19.5. The number of carbonyl (C=O) groups excluding carboxylic acids is 1. The van der Waals surface area contributed by atoms with Crippen molar-refractivity contribution in [2.45, 2.75) is 13.0 Å². The summed E-state index contributed by atoms with van der Waals surface area (Å²) in [6, 6.07) is 11.4. The van der Waals surface area contributed by atoms with Crippen molar-refractivity contribution in [1.82, 2.24) is 5.32 Å². The Labute approximate surface area is 138 Å². The molecule has 0 bridgehead atoms. The van der Waals surface area contributed by atoms with E-state index in [1.54, 1.807) is 31.2 Å². The van der Waals surface area contributed by atoms with Gasteiger partial charge in [-0.15, -0.1) is 0 Å². The van der Waals surface area contributed by atoms with Gasteiger partial charge < -0.3 is 20.5 Å². The summed E-state index contributed by atoms with van der Waals surface area (Å²) in [5.41, 5.74) is 0.521. The number of urea groups is 1. The van der Waals surface area contributed by atoms with Gasteiger partial charge >= 0.3 is 6.03 Å². The Bertz CT molecular complexity index is 774. The monoisotopic (exact) mass is 329 g/mol. The van der Waals surface area contributed by atoms with Gasteiger partial charge in [0.2, 0.25) is 0 Å². The van der Waals surface area contributed by atoms with Crippen LogP contribution in [0.5, 0.6) is 11.5 Å². The normalized spacial score (nSPS) is 11.2. The minimum absolute atomic E-state index is 0.0626. The highest BCUT2D eigenvalue weighted by Gasteiger charge is 2.11. The van der Waals surface area contributed by atoms with E-state index in [9.17, 15) is 9.18 Å². The average Bonchev–Trinajstić information content (AvgIpc) is 2.57. The van der Waals surface area contributed by atoms with Crippen molar-refractivity contribution in [3.05, 3.63) is 53.8 Å². The van der Waals surface area contributed by atoms with Gasteiger partial charge in [-0.25, -0.2) is 9.18 Å². The number of hydrogen-bond acceptors (Lipinski definition) is 4. The molecular formula is C17H16FN3O3. The molecule has 7 heteroatoms. The highest BCUT2D eigenvalue weighted by atomic mass is 19.1. The van der Waals surface area contributed by atoms with Crippen LogP contribution in [0.2, 0.25) is 0 Å². The second-order valence-corrected chi connectivity index (χ2v) is 5.04. The van der Waals surface area contributed by atoms with E-state index in [4.69, 9.17) is 15.1 Å². The molecule has 2 rings (SSSR count). The maximum absolute atomic E-state index is 14.1. The maximum Gasteiger partial charge on any atom is 0.319 e. The summed E-state index contributed by atoms with van der Waals surface area (Å²) in [5, 5.41) is 22.8. The third-order valence-corrected chi connectivity index (χ3v) is 3.07. The molecule has 0 spiro atoms. The van der Waals surface area contributed by atoms with Gasteiger partial charge in [-0.2, -0.15) is 5.26 Å². The summed E-state index contributed by atoms with van der Waals surface area (Å²) in [7, 11) is 0. The van der Waals surface area contributed by atoms with Crippen LogP contribution < -0.4 is 15.4 Å². The summed E-state index contributed by atoms with van der Waals surface area (Å²) in [4.78, 5) is 11.6. The molecule has 124 valence electrons. The Hall–Kier alpha value is -3.11. The third kappa shape index (κ3) is 4.44. The molecule has 0 radical (unpaired) electrons. The maximum atomic E-state index is 14.1.